The number of alkyl halides is 3. The number of hydrogen-bond acceptors (Lipinski definition) is 2. The molecule has 0 aliphatic carbocycles. The molecule has 9 heteroatoms. The van der Waals surface area contributed by atoms with Gasteiger partial charge in [-0.05, 0) is 48.9 Å². The molecule has 3 aromatic rings. The molecule has 0 fully saturated rings. The first-order chi connectivity index (χ1) is 13.2. The SMILES string of the molecule is CC/C(=C/F)C(=O)Nc1ccc(-n2c(C(F)(F)F)nc3ccc(Cl)cc32)cc1. The summed E-state index contributed by atoms with van der Waals surface area (Å²) in [5.41, 5.74) is 0.808. The molecule has 0 saturated heterocycles. The monoisotopic (exact) mass is 411 g/mol. The van der Waals surface area contributed by atoms with Crippen LogP contribution in [0.2, 0.25) is 5.02 Å². The van der Waals surface area contributed by atoms with Crippen molar-refractivity contribution >= 4 is 34.2 Å². The number of amides is 1. The molecular formula is C19H14ClF4N3O. The lowest BCUT2D eigenvalue weighted by Crippen LogP contribution is -2.15. The lowest BCUT2D eigenvalue weighted by atomic mass is 10.2. The van der Waals surface area contributed by atoms with Crippen LogP contribution >= 0.6 is 11.6 Å². The third-order valence-corrected chi connectivity index (χ3v) is 4.29. The van der Waals surface area contributed by atoms with Crippen LogP contribution in [0.3, 0.4) is 0 Å². The molecule has 4 nitrogen and oxygen atoms in total. The van der Waals surface area contributed by atoms with E-state index in [-0.39, 0.29) is 40.1 Å². The molecule has 0 spiro atoms. The summed E-state index contributed by atoms with van der Waals surface area (Å²) in [6, 6.07) is 9.92. The first-order valence-electron chi connectivity index (χ1n) is 8.21. The standard InChI is InChI=1S/C19H14ClF4N3O/c1-2-11(10-21)17(28)25-13-4-6-14(7-5-13)27-16-9-12(20)3-8-15(16)26-18(27)19(22,23)24/h3-10H,2H2,1H3,(H,25,28)/b11-10-. The Bertz CT molecular complexity index is 1060. The largest absolute Gasteiger partial charge is 0.450 e. The number of fused-ring (bicyclic) bond motifs is 1. The first-order valence-corrected chi connectivity index (χ1v) is 8.58. The van der Waals surface area contributed by atoms with Gasteiger partial charge in [-0.3, -0.25) is 9.36 Å². The molecular weight excluding hydrogens is 398 g/mol. The number of nitrogens with zero attached hydrogens (tertiary/aromatic N) is 2. The lowest BCUT2D eigenvalue weighted by molar-refractivity contribution is -0.145. The third kappa shape index (κ3) is 3.87. The highest BCUT2D eigenvalue weighted by Gasteiger charge is 2.38. The average molecular weight is 412 g/mol. The quantitative estimate of drug-likeness (QED) is 0.429. The molecule has 28 heavy (non-hydrogen) atoms. The summed E-state index contributed by atoms with van der Waals surface area (Å²) in [4.78, 5) is 15.6. The Morgan fingerprint density at radius 2 is 1.89 bits per heavy atom. The van der Waals surface area contributed by atoms with Crippen molar-refractivity contribution in [3.63, 3.8) is 0 Å². The summed E-state index contributed by atoms with van der Waals surface area (Å²) in [7, 11) is 0. The number of carbonyl (C=O) groups is 1. The number of halogens is 5. The van der Waals surface area contributed by atoms with Crippen molar-refractivity contribution in [3.8, 4) is 5.69 Å². The Morgan fingerprint density at radius 3 is 2.46 bits per heavy atom. The fourth-order valence-electron chi connectivity index (χ4n) is 2.69. The van der Waals surface area contributed by atoms with Crippen LogP contribution < -0.4 is 5.32 Å². The summed E-state index contributed by atoms with van der Waals surface area (Å²) in [5.74, 6) is -1.70. The molecule has 1 aromatic heterocycles. The van der Waals surface area contributed by atoms with Gasteiger partial charge in [-0.15, -0.1) is 0 Å². The molecule has 0 aliphatic heterocycles. The maximum Gasteiger partial charge on any atom is 0.450 e. The highest BCUT2D eigenvalue weighted by atomic mass is 35.5. The number of carbonyl (C=O) groups excluding carboxylic acids is 1. The van der Waals surface area contributed by atoms with Gasteiger partial charge in [0.2, 0.25) is 5.82 Å². The third-order valence-electron chi connectivity index (χ3n) is 4.06. The normalized spacial score (nSPS) is 12.4. The number of benzene rings is 2. The van der Waals surface area contributed by atoms with E-state index in [0.29, 0.717) is 5.69 Å². The zero-order valence-electron chi connectivity index (χ0n) is 14.5. The number of rotatable bonds is 4. The molecule has 1 amide bonds. The molecule has 3 rings (SSSR count). The average Bonchev–Trinajstić information content (AvgIpc) is 3.02. The number of hydrogen-bond donors (Lipinski definition) is 1. The van der Waals surface area contributed by atoms with Crippen LogP contribution in [0, 0.1) is 0 Å². The zero-order valence-corrected chi connectivity index (χ0v) is 15.3. The number of imidazole rings is 1. The highest BCUT2D eigenvalue weighted by Crippen LogP contribution is 2.34. The maximum absolute atomic E-state index is 13.5. The summed E-state index contributed by atoms with van der Waals surface area (Å²) in [6.45, 7) is 1.63. The van der Waals surface area contributed by atoms with E-state index in [1.807, 2.05) is 0 Å². The Labute approximate surface area is 162 Å². The van der Waals surface area contributed by atoms with E-state index in [4.69, 9.17) is 11.6 Å². The Hall–Kier alpha value is -2.87. The molecule has 0 bridgehead atoms. The van der Waals surface area contributed by atoms with E-state index in [0.717, 1.165) is 4.57 Å². The van der Waals surface area contributed by atoms with Crippen LogP contribution in [0.5, 0.6) is 0 Å². The van der Waals surface area contributed by atoms with E-state index in [1.165, 1.54) is 42.5 Å². The van der Waals surface area contributed by atoms with Gasteiger partial charge in [-0.25, -0.2) is 9.37 Å². The Morgan fingerprint density at radius 1 is 1.21 bits per heavy atom. The summed E-state index contributed by atoms with van der Waals surface area (Å²) >= 11 is 5.94. The first kappa shape index (κ1) is 19.9. The fourth-order valence-corrected chi connectivity index (χ4v) is 2.86. The summed E-state index contributed by atoms with van der Waals surface area (Å²) in [5, 5.41) is 2.77. The van der Waals surface area contributed by atoms with Crippen molar-refractivity contribution in [2.75, 3.05) is 5.32 Å². The smallest absolute Gasteiger partial charge is 0.322 e. The van der Waals surface area contributed by atoms with Gasteiger partial charge in [-0.1, -0.05) is 18.5 Å². The van der Waals surface area contributed by atoms with Gasteiger partial charge in [0.05, 0.1) is 17.4 Å². The molecule has 1 N–H and O–H groups in total. The second kappa shape index (κ2) is 7.63. The van der Waals surface area contributed by atoms with Gasteiger partial charge < -0.3 is 5.32 Å². The summed E-state index contributed by atoms with van der Waals surface area (Å²) in [6.07, 6.45) is -4.25. The lowest BCUT2D eigenvalue weighted by Gasteiger charge is -2.13. The second-order valence-corrected chi connectivity index (χ2v) is 6.33. The van der Waals surface area contributed by atoms with E-state index in [2.05, 4.69) is 10.3 Å². The van der Waals surface area contributed by atoms with Crippen molar-refractivity contribution in [1.82, 2.24) is 9.55 Å². The Balaban J connectivity index is 2.03. The zero-order chi connectivity index (χ0) is 20.5. The molecule has 1 heterocycles. The molecule has 0 radical (unpaired) electrons. The number of nitrogens with one attached hydrogen (secondary N) is 1. The fraction of sp³-hybridized carbons (Fsp3) is 0.158. The van der Waals surface area contributed by atoms with Gasteiger partial charge in [0.25, 0.3) is 5.91 Å². The molecule has 0 unspecified atom stereocenters. The molecule has 146 valence electrons. The minimum absolute atomic E-state index is 0.0429. The minimum atomic E-state index is -4.68. The number of anilines is 1. The molecule has 0 saturated carbocycles. The van der Waals surface area contributed by atoms with Gasteiger partial charge >= 0.3 is 6.18 Å². The van der Waals surface area contributed by atoms with Gasteiger partial charge in [0.15, 0.2) is 0 Å². The van der Waals surface area contributed by atoms with E-state index in [1.54, 1.807) is 6.92 Å². The molecule has 0 aliphatic rings. The van der Waals surface area contributed by atoms with Gasteiger partial charge in [0, 0.05) is 22.0 Å². The van der Waals surface area contributed by atoms with E-state index in [9.17, 15) is 22.4 Å². The van der Waals surface area contributed by atoms with Crippen LogP contribution in [0.15, 0.2) is 54.4 Å². The van der Waals surface area contributed by atoms with Gasteiger partial charge in [-0.2, -0.15) is 13.2 Å². The van der Waals surface area contributed by atoms with Crippen LogP contribution in [-0.2, 0) is 11.0 Å². The minimum Gasteiger partial charge on any atom is -0.322 e. The molecule has 2 aromatic carbocycles. The topological polar surface area (TPSA) is 46.9 Å². The predicted molar refractivity (Wildman–Crippen MR) is 99.2 cm³/mol. The summed E-state index contributed by atoms with van der Waals surface area (Å²) < 4.78 is 54.0. The molecule has 0 atom stereocenters. The Kier molecular flexibility index (Phi) is 5.42. The second-order valence-electron chi connectivity index (χ2n) is 5.89. The van der Waals surface area contributed by atoms with Crippen molar-refractivity contribution < 1.29 is 22.4 Å². The van der Waals surface area contributed by atoms with Gasteiger partial charge in [0.1, 0.15) is 0 Å². The highest BCUT2D eigenvalue weighted by molar-refractivity contribution is 6.31. The van der Waals surface area contributed by atoms with Crippen LogP contribution in [-0.4, -0.2) is 15.5 Å². The van der Waals surface area contributed by atoms with E-state index >= 15 is 0 Å². The van der Waals surface area contributed by atoms with Crippen molar-refractivity contribution in [2.24, 2.45) is 0 Å². The van der Waals surface area contributed by atoms with Crippen molar-refractivity contribution in [1.29, 1.82) is 0 Å². The maximum atomic E-state index is 13.5. The van der Waals surface area contributed by atoms with E-state index < -0.39 is 17.9 Å². The van der Waals surface area contributed by atoms with Crippen molar-refractivity contribution in [2.45, 2.75) is 19.5 Å². The van der Waals surface area contributed by atoms with Crippen LogP contribution in [0.4, 0.5) is 23.2 Å². The number of aromatic nitrogens is 2. The predicted octanol–water partition coefficient (Wildman–Crippen LogP) is 5.90. The van der Waals surface area contributed by atoms with Crippen LogP contribution in [0.1, 0.15) is 19.2 Å². The van der Waals surface area contributed by atoms with Crippen LogP contribution in [0.25, 0.3) is 16.7 Å². The van der Waals surface area contributed by atoms with Crippen molar-refractivity contribution in [3.05, 3.63) is 65.2 Å².